The molecule has 42 heavy (non-hydrogen) atoms. The van der Waals surface area contributed by atoms with Crippen LogP contribution in [0.2, 0.25) is 20.1 Å². The largest absolute Gasteiger partial charge is 0.490 e. The van der Waals surface area contributed by atoms with Gasteiger partial charge >= 0.3 is 0 Å². The number of carbonyl (C=O) groups excluding carboxylic acids is 1. The van der Waals surface area contributed by atoms with Crippen molar-refractivity contribution >= 4 is 57.9 Å². The van der Waals surface area contributed by atoms with Crippen molar-refractivity contribution in [3.8, 4) is 5.75 Å². The van der Waals surface area contributed by atoms with E-state index < -0.39 is 0 Å². The van der Waals surface area contributed by atoms with E-state index in [-0.39, 0.29) is 24.0 Å². The fraction of sp³-hybridized carbons (Fsp3) is 0.419. The van der Waals surface area contributed by atoms with Gasteiger partial charge in [0.2, 0.25) is 5.89 Å². The quantitative estimate of drug-likeness (QED) is 0.233. The van der Waals surface area contributed by atoms with Gasteiger partial charge in [-0.25, -0.2) is 4.98 Å². The minimum absolute atomic E-state index is 0.0109. The van der Waals surface area contributed by atoms with Crippen LogP contribution in [0.15, 0.2) is 46.6 Å². The first-order valence-corrected chi connectivity index (χ1v) is 15.8. The number of halogens is 4. The maximum Gasteiger partial charge on any atom is 0.252 e. The Hall–Kier alpha value is -2.26. The van der Waals surface area contributed by atoms with Crippen molar-refractivity contribution < 1.29 is 13.9 Å². The molecule has 1 amide bonds. The molecule has 11 heteroatoms. The fourth-order valence-corrected chi connectivity index (χ4v) is 6.83. The highest BCUT2D eigenvalue weighted by Crippen LogP contribution is 2.38. The average Bonchev–Trinajstić information content (AvgIpc) is 3.69. The molecule has 0 spiro atoms. The molecule has 0 radical (unpaired) electrons. The number of amides is 1. The molecule has 3 heterocycles. The molecule has 2 atom stereocenters. The average molecular weight is 650 g/mol. The molecule has 2 unspecified atom stereocenters. The van der Waals surface area contributed by atoms with E-state index in [0.29, 0.717) is 76.3 Å². The van der Waals surface area contributed by atoms with E-state index in [2.05, 4.69) is 10.6 Å². The lowest BCUT2D eigenvalue weighted by Crippen LogP contribution is -2.60. The van der Waals surface area contributed by atoms with Gasteiger partial charge in [-0.3, -0.25) is 4.79 Å². The van der Waals surface area contributed by atoms with Crippen molar-refractivity contribution in [2.45, 2.75) is 63.7 Å². The fourth-order valence-electron chi connectivity index (χ4n) is 5.74. The van der Waals surface area contributed by atoms with Crippen molar-refractivity contribution in [2.75, 3.05) is 19.7 Å². The normalized spacial score (nSPS) is 20.1. The molecule has 2 N–H and O–H groups in total. The van der Waals surface area contributed by atoms with Crippen LogP contribution in [-0.4, -0.2) is 53.6 Å². The number of piperazine rings is 1. The summed E-state index contributed by atoms with van der Waals surface area (Å²) in [6.07, 6.45) is 5.61. The molecule has 222 valence electrons. The van der Waals surface area contributed by atoms with E-state index >= 15 is 0 Å². The molecule has 2 fully saturated rings. The van der Waals surface area contributed by atoms with Gasteiger partial charge in [0.25, 0.3) is 5.91 Å². The molecule has 6 rings (SSSR count). The predicted molar refractivity (Wildman–Crippen MR) is 167 cm³/mol. The minimum atomic E-state index is -0.135. The number of nitrogens with one attached hydrogen (secondary N) is 2. The van der Waals surface area contributed by atoms with Crippen molar-refractivity contribution in [1.82, 2.24) is 20.5 Å². The highest BCUT2D eigenvalue weighted by Gasteiger charge is 2.42. The first-order chi connectivity index (χ1) is 20.3. The molecule has 2 aromatic carbocycles. The Balaban J connectivity index is 1.21. The zero-order chi connectivity index (χ0) is 29.4. The van der Waals surface area contributed by atoms with Crippen LogP contribution in [0.25, 0.3) is 5.57 Å². The summed E-state index contributed by atoms with van der Waals surface area (Å²) in [7, 11) is 0. The summed E-state index contributed by atoms with van der Waals surface area (Å²) >= 11 is 25.4. The molecule has 1 aliphatic carbocycles. The number of aromatic nitrogens is 1. The van der Waals surface area contributed by atoms with Crippen molar-refractivity contribution in [2.24, 2.45) is 0 Å². The summed E-state index contributed by atoms with van der Waals surface area (Å²) in [5, 5.41) is 9.07. The molecule has 1 aromatic heterocycles. The Kier molecular flexibility index (Phi) is 9.06. The summed E-state index contributed by atoms with van der Waals surface area (Å²) in [5.74, 6) is 0.990. The Morgan fingerprint density at radius 3 is 2.67 bits per heavy atom. The summed E-state index contributed by atoms with van der Waals surface area (Å²) in [5.41, 5.74) is 4.21. The van der Waals surface area contributed by atoms with Crippen LogP contribution < -0.4 is 15.4 Å². The first-order valence-electron chi connectivity index (χ1n) is 14.3. The van der Waals surface area contributed by atoms with Gasteiger partial charge in [0, 0.05) is 42.9 Å². The van der Waals surface area contributed by atoms with Gasteiger partial charge in [-0.15, -0.1) is 0 Å². The van der Waals surface area contributed by atoms with Crippen molar-refractivity contribution in [1.29, 1.82) is 0 Å². The highest BCUT2D eigenvalue weighted by atomic mass is 35.5. The lowest BCUT2D eigenvalue weighted by molar-refractivity contribution is -0.128. The number of hydrogen-bond acceptors (Lipinski definition) is 6. The smallest absolute Gasteiger partial charge is 0.252 e. The third-order valence-corrected chi connectivity index (χ3v) is 9.35. The Labute approximate surface area is 265 Å². The highest BCUT2D eigenvalue weighted by molar-refractivity contribution is 6.42. The maximum absolute atomic E-state index is 14.3. The van der Waals surface area contributed by atoms with Gasteiger partial charge in [0.1, 0.15) is 6.26 Å². The second kappa shape index (κ2) is 12.8. The molecule has 2 bridgehead atoms. The number of nitrogens with zero attached hydrogens (tertiary/aromatic N) is 2. The molecule has 2 aliphatic heterocycles. The number of hydrogen-bond donors (Lipinski definition) is 2. The summed E-state index contributed by atoms with van der Waals surface area (Å²) in [6, 6.07) is 9.44. The van der Waals surface area contributed by atoms with E-state index in [9.17, 15) is 4.79 Å². The molecular weight excluding hydrogens is 618 g/mol. The maximum atomic E-state index is 14.3. The third-order valence-electron chi connectivity index (χ3n) is 7.93. The Bertz CT molecular complexity index is 1500. The van der Waals surface area contributed by atoms with Crippen molar-refractivity contribution in [3.63, 3.8) is 0 Å². The second-order valence-corrected chi connectivity index (χ2v) is 12.8. The van der Waals surface area contributed by atoms with Crippen LogP contribution >= 0.6 is 46.4 Å². The molecule has 1 saturated heterocycles. The van der Waals surface area contributed by atoms with Gasteiger partial charge in [0.15, 0.2) is 5.75 Å². The van der Waals surface area contributed by atoms with Crippen LogP contribution in [0.5, 0.6) is 5.75 Å². The van der Waals surface area contributed by atoms with Gasteiger partial charge in [-0.2, -0.15) is 0 Å². The number of fused-ring (bicyclic) bond motifs is 2. The molecule has 7 nitrogen and oxygen atoms in total. The number of benzene rings is 2. The Morgan fingerprint density at radius 1 is 1.12 bits per heavy atom. The Morgan fingerprint density at radius 2 is 1.90 bits per heavy atom. The van der Waals surface area contributed by atoms with Crippen LogP contribution in [0, 0.1) is 6.92 Å². The van der Waals surface area contributed by atoms with Crippen LogP contribution in [0.4, 0.5) is 0 Å². The first kappa shape index (κ1) is 29.8. The van der Waals surface area contributed by atoms with Gasteiger partial charge in [-0.05, 0) is 68.4 Å². The summed E-state index contributed by atoms with van der Waals surface area (Å²) in [6.45, 7) is 4.24. The SMILES string of the molecule is Cc1cc(Cl)c(OCCCc2coc(C3=C(C(=O)N(Cc4cccc(Cl)c4Cl)C4CC4)C4CNCC(C3)N4)n2)c(Cl)c1. The van der Waals surface area contributed by atoms with Crippen LogP contribution in [0.1, 0.15) is 48.4 Å². The number of ether oxygens (including phenoxy) is 1. The lowest BCUT2D eigenvalue weighted by Gasteiger charge is -2.40. The second-order valence-electron chi connectivity index (χ2n) is 11.2. The predicted octanol–water partition coefficient (Wildman–Crippen LogP) is 6.89. The zero-order valence-electron chi connectivity index (χ0n) is 23.2. The van der Waals surface area contributed by atoms with Gasteiger partial charge in [0.05, 0.1) is 38.4 Å². The van der Waals surface area contributed by atoms with Gasteiger partial charge < -0.3 is 24.7 Å². The van der Waals surface area contributed by atoms with Gasteiger partial charge in [-0.1, -0.05) is 58.5 Å². The van der Waals surface area contributed by atoms with Crippen LogP contribution in [0.3, 0.4) is 0 Å². The summed E-state index contributed by atoms with van der Waals surface area (Å²) < 4.78 is 11.9. The van der Waals surface area contributed by atoms with E-state index in [4.69, 9.17) is 60.5 Å². The molecule has 3 aliphatic rings. The molecule has 3 aromatic rings. The lowest BCUT2D eigenvalue weighted by atomic mass is 9.86. The van der Waals surface area contributed by atoms with E-state index in [0.717, 1.165) is 41.8 Å². The topological polar surface area (TPSA) is 79.6 Å². The summed E-state index contributed by atoms with van der Waals surface area (Å²) in [4.78, 5) is 21.1. The monoisotopic (exact) mass is 648 g/mol. The van der Waals surface area contributed by atoms with Crippen LogP contribution in [-0.2, 0) is 17.8 Å². The standard InChI is InChI=1S/C31H32Cl4N4O3/c1-17-10-24(33)29(25(34)11-17)41-9-3-5-19-16-42-30(38-19)22-12-20-13-36-14-26(37-20)27(22)31(40)39(21-7-8-21)15-18-4-2-6-23(32)28(18)35/h2,4,6,10-11,16,20-21,26,36-37H,3,5,7-9,12-15H2,1H3. The third kappa shape index (κ3) is 6.47. The molecular formula is C31H32Cl4N4O3. The van der Waals surface area contributed by atoms with E-state index in [1.54, 1.807) is 12.3 Å². The van der Waals surface area contributed by atoms with E-state index in [1.807, 2.05) is 36.1 Å². The zero-order valence-corrected chi connectivity index (χ0v) is 26.2. The molecule has 1 saturated carbocycles. The van der Waals surface area contributed by atoms with Crippen molar-refractivity contribution in [3.05, 3.63) is 85.0 Å². The van der Waals surface area contributed by atoms with E-state index in [1.165, 1.54) is 0 Å². The number of oxazole rings is 1. The number of rotatable bonds is 10. The number of carbonyl (C=O) groups is 1. The number of aryl methyl sites for hydroxylation is 2. The minimum Gasteiger partial charge on any atom is -0.490 e.